The third-order valence-electron chi connectivity index (χ3n) is 5.40. The maximum atomic E-state index is 12.8. The summed E-state index contributed by atoms with van der Waals surface area (Å²) in [5.74, 6) is 0.384. The van der Waals surface area contributed by atoms with E-state index in [1.807, 2.05) is 30.3 Å². The minimum absolute atomic E-state index is 0.194. The highest BCUT2D eigenvalue weighted by molar-refractivity contribution is 9.10. The monoisotopic (exact) mass is 530 g/mol. The quantitative estimate of drug-likeness (QED) is 0.483. The average molecular weight is 531 g/mol. The molecule has 9 heteroatoms. The zero-order valence-corrected chi connectivity index (χ0v) is 20.5. The standard InChI is InChI=1S/C24H23BrN2O5S/c1-31-19-12-17(11-18(25)22(19)32-15-16-7-3-2-4-8-16)13-20-23(29)27(24(30)33-20)14-21(28)26-9-5-6-10-26/h2-4,7-8,11-13H,5-6,9-10,14-15H2,1H3/b20-13-. The predicted octanol–water partition coefficient (Wildman–Crippen LogP) is 4.70. The number of thioether (sulfide) groups is 1. The molecule has 0 N–H and O–H groups in total. The Bertz CT molecular complexity index is 1100. The number of rotatable bonds is 7. The van der Waals surface area contributed by atoms with E-state index in [9.17, 15) is 14.4 Å². The Kier molecular flexibility index (Phi) is 7.39. The summed E-state index contributed by atoms with van der Waals surface area (Å²) in [6.07, 6.45) is 3.53. The molecule has 2 aromatic rings. The van der Waals surface area contributed by atoms with Crippen LogP contribution in [0.1, 0.15) is 24.0 Å². The van der Waals surface area contributed by atoms with Gasteiger partial charge in [-0.2, -0.15) is 0 Å². The topological polar surface area (TPSA) is 76.2 Å². The van der Waals surface area contributed by atoms with Crippen LogP contribution in [0.4, 0.5) is 4.79 Å². The van der Waals surface area contributed by atoms with E-state index < -0.39 is 11.1 Å². The van der Waals surface area contributed by atoms with Gasteiger partial charge in [-0.25, -0.2) is 0 Å². The fraction of sp³-hybridized carbons (Fsp3) is 0.292. The largest absolute Gasteiger partial charge is 0.493 e. The van der Waals surface area contributed by atoms with Gasteiger partial charge in [-0.1, -0.05) is 30.3 Å². The molecule has 0 aliphatic carbocycles. The van der Waals surface area contributed by atoms with Gasteiger partial charge in [0.05, 0.1) is 16.5 Å². The first-order valence-electron chi connectivity index (χ1n) is 10.5. The number of imide groups is 1. The first-order chi connectivity index (χ1) is 16.0. The Morgan fingerprint density at radius 2 is 1.88 bits per heavy atom. The molecular formula is C24H23BrN2O5S. The highest BCUT2D eigenvalue weighted by Crippen LogP contribution is 2.39. The lowest BCUT2D eigenvalue weighted by molar-refractivity contribution is -0.135. The Morgan fingerprint density at radius 1 is 1.15 bits per heavy atom. The van der Waals surface area contributed by atoms with Crippen LogP contribution in [0.2, 0.25) is 0 Å². The van der Waals surface area contributed by atoms with Gasteiger partial charge in [-0.3, -0.25) is 19.3 Å². The van der Waals surface area contributed by atoms with Crippen molar-refractivity contribution in [3.8, 4) is 11.5 Å². The molecule has 33 heavy (non-hydrogen) atoms. The van der Waals surface area contributed by atoms with E-state index in [0.717, 1.165) is 35.1 Å². The fourth-order valence-electron chi connectivity index (χ4n) is 3.68. The highest BCUT2D eigenvalue weighted by atomic mass is 79.9. The zero-order valence-electron chi connectivity index (χ0n) is 18.1. The van der Waals surface area contributed by atoms with Gasteiger partial charge < -0.3 is 14.4 Å². The number of nitrogens with zero attached hydrogens (tertiary/aromatic N) is 2. The number of ether oxygens (including phenoxy) is 2. The van der Waals surface area contributed by atoms with Crippen molar-refractivity contribution in [1.29, 1.82) is 0 Å². The lowest BCUT2D eigenvalue weighted by Crippen LogP contribution is -2.40. The van der Waals surface area contributed by atoms with Gasteiger partial charge in [-0.15, -0.1) is 0 Å². The Hall–Kier alpha value is -2.78. The van der Waals surface area contributed by atoms with Gasteiger partial charge in [0.15, 0.2) is 11.5 Å². The molecule has 2 heterocycles. The second-order valence-electron chi connectivity index (χ2n) is 7.66. The van der Waals surface area contributed by atoms with Crippen LogP contribution in [0.5, 0.6) is 11.5 Å². The summed E-state index contributed by atoms with van der Waals surface area (Å²) in [4.78, 5) is 40.6. The SMILES string of the molecule is COc1cc(/C=C2\SC(=O)N(CC(=O)N3CCCC3)C2=O)cc(Br)c1OCc1ccccc1. The normalized spacial score (nSPS) is 17.2. The first-order valence-corrected chi connectivity index (χ1v) is 12.1. The molecule has 0 radical (unpaired) electrons. The summed E-state index contributed by atoms with van der Waals surface area (Å²) in [6.45, 7) is 1.51. The summed E-state index contributed by atoms with van der Waals surface area (Å²) in [6, 6.07) is 13.3. The molecule has 4 rings (SSSR count). The lowest BCUT2D eigenvalue weighted by atomic mass is 10.1. The van der Waals surface area contributed by atoms with Crippen LogP contribution in [0, 0.1) is 0 Å². The number of hydrogen-bond acceptors (Lipinski definition) is 6. The van der Waals surface area contributed by atoms with Gasteiger partial charge >= 0.3 is 0 Å². The van der Waals surface area contributed by atoms with E-state index in [2.05, 4.69) is 15.9 Å². The third kappa shape index (κ3) is 5.42. The number of carbonyl (C=O) groups excluding carboxylic acids is 3. The lowest BCUT2D eigenvalue weighted by Gasteiger charge is -2.18. The average Bonchev–Trinajstić information content (AvgIpc) is 3.44. The number of halogens is 1. The smallest absolute Gasteiger partial charge is 0.294 e. The maximum Gasteiger partial charge on any atom is 0.294 e. The molecule has 3 amide bonds. The number of likely N-dealkylation sites (tertiary alicyclic amines) is 1. The minimum atomic E-state index is -0.461. The molecular weight excluding hydrogens is 508 g/mol. The van der Waals surface area contributed by atoms with E-state index >= 15 is 0 Å². The molecule has 0 unspecified atom stereocenters. The van der Waals surface area contributed by atoms with Crippen LogP contribution in [0.15, 0.2) is 51.8 Å². The molecule has 2 fully saturated rings. The van der Waals surface area contributed by atoms with Gasteiger partial charge in [0.25, 0.3) is 11.1 Å². The molecule has 172 valence electrons. The molecule has 2 aromatic carbocycles. The highest BCUT2D eigenvalue weighted by Gasteiger charge is 2.37. The van der Waals surface area contributed by atoms with E-state index in [1.54, 1.807) is 30.2 Å². The van der Waals surface area contributed by atoms with Crippen LogP contribution in [-0.2, 0) is 16.2 Å². The Labute approximate surface area is 204 Å². The van der Waals surface area contributed by atoms with Crippen molar-refractivity contribution in [2.75, 3.05) is 26.7 Å². The van der Waals surface area contributed by atoms with Crippen LogP contribution in [-0.4, -0.2) is 53.6 Å². The first kappa shape index (κ1) is 23.4. The maximum absolute atomic E-state index is 12.8. The number of methoxy groups -OCH3 is 1. The Morgan fingerprint density at radius 3 is 2.58 bits per heavy atom. The third-order valence-corrected chi connectivity index (χ3v) is 6.90. The summed E-state index contributed by atoms with van der Waals surface area (Å²) in [7, 11) is 1.54. The van der Waals surface area contributed by atoms with E-state index in [1.165, 1.54) is 0 Å². The van der Waals surface area contributed by atoms with Gasteiger partial charge in [0.2, 0.25) is 5.91 Å². The molecule has 0 bridgehead atoms. The molecule has 0 aromatic heterocycles. The van der Waals surface area contributed by atoms with Crippen LogP contribution < -0.4 is 9.47 Å². The van der Waals surface area contributed by atoms with Crippen molar-refractivity contribution in [3.05, 3.63) is 63.0 Å². The second kappa shape index (κ2) is 10.4. The summed E-state index contributed by atoms with van der Waals surface area (Å²) in [5, 5.41) is -0.437. The predicted molar refractivity (Wildman–Crippen MR) is 130 cm³/mol. The molecule has 0 atom stereocenters. The van der Waals surface area contributed by atoms with Crippen LogP contribution in [0.3, 0.4) is 0 Å². The molecule has 2 aliphatic heterocycles. The van der Waals surface area contributed by atoms with Crippen molar-refractivity contribution >= 4 is 50.8 Å². The van der Waals surface area contributed by atoms with Crippen molar-refractivity contribution < 1.29 is 23.9 Å². The van der Waals surface area contributed by atoms with Crippen molar-refractivity contribution in [3.63, 3.8) is 0 Å². The van der Waals surface area contributed by atoms with Crippen molar-refractivity contribution in [2.45, 2.75) is 19.4 Å². The number of carbonyl (C=O) groups is 3. The molecule has 2 saturated heterocycles. The van der Waals surface area contributed by atoms with E-state index in [4.69, 9.17) is 9.47 Å². The number of hydrogen-bond donors (Lipinski definition) is 0. The Balaban J connectivity index is 1.49. The summed E-state index contributed by atoms with van der Waals surface area (Å²) >= 11 is 4.35. The summed E-state index contributed by atoms with van der Waals surface area (Å²) < 4.78 is 12.1. The van der Waals surface area contributed by atoms with Crippen molar-refractivity contribution in [1.82, 2.24) is 9.80 Å². The van der Waals surface area contributed by atoms with Gasteiger partial charge in [-0.05, 0) is 69.9 Å². The van der Waals surface area contributed by atoms with Crippen LogP contribution >= 0.6 is 27.7 Å². The molecule has 7 nitrogen and oxygen atoms in total. The molecule has 2 aliphatic rings. The minimum Gasteiger partial charge on any atom is -0.493 e. The summed E-state index contributed by atoms with van der Waals surface area (Å²) in [5.41, 5.74) is 1.69. The van der Waals surface area contributed by atoms with E-state index in [0.29, 0.717) is 41.2 Å². The second-order valence-corrected chi connectivity index (χ2v) is 9.51. The van der Waals surface area contributed by atoms with Gasteiger partial charge in [0.1, 0.15) is 13.2 Å². The van der Waals surface area contributed by atoms with Gasteiger partial charge in [0, 0.05) is 13.1 Å². The number of amides is 3. The molecule has 0 spiro atoms. The van der Waals surface area contributed by atoms with Crippen LogP contribution in [0.25, 0.3) is 6.08 Å². The molecule has 0 saturated carbocycles. The fourth-order valence-corrected chi connectivity index (χ4v) is 5.09. The number of benzene rings is 2. The van der Waals surface area contributed by atoms with E-state index in [-0.39, 0.29) is 17.4 Å². The zero-order chi connectivity index (χ0) is 23.4. The van der Waals surface area contributed by atoms with Crippen molar-refractivity contribution in [2.24, 2.45) is 0 Å².